The van der Waals surface area contributed by atoms with Crippen molar-refractivity contribution in [2.75, 3.05) is 5.75 Å². The van der Waals surface area contributed by atoms with E-state index in [9.17, 15) is 4.79 Å². The van der Waals surface area contributed by atoms with E-state index in [2.05, 4.69) is 31.2 Å². The lowest BCUT2D eigenvalue weighted by atomic mass is 9.85. The van der Waals surface area contributed by atoms with Crippen molar-refractivity contribution < 1.29 is 4.79 Å². The molecule has 1 aliphatic heterocycles. The van der Waals surface area contributed by atoms with E-state index in [1.807, 2.05) is 11.8 Å². The number of carbonyl (C=O) groups excluding carboxylic acids is 1. The Morgan fingerprint density at radius 1 is 1.35 bits per heavy atom. The fraction of sp³-hybridized carbons (Fsp3) is 0.533. The van der Waals surface area contributed by atoms with Crippen molar-refractivity contribution in [2.24, 2.45) is 11.8 Å². The van der Waals surface area contributed by atoms with Gasteiger partial charge in [-0.05, 0) is 36.3 Å². The Kier molecular flexibility index (Phi) is 2.99. The number of thioether (sulfide) groups is 1. The van der Waals surface area contributed by atoms with Crippen LogP contribution in [0.4, 0.5) is 0 Å². The molecule has 0 amide bonds. The van der Waals surface area contributed by atoms with Gasteiger partial charge in [-0.3, -0.25) is 4.79 Å². The Balaban J connectivity index is 1.74. The number of rotatable bonds is 2. The first-order chi connectivity index (χ1) is 8.25. The highest BCUT2D eigenvalue weighted by atomic mass is 32.2. The summed E-state index contributed by atoms with van der Waals surface area (Å²) >= 11 is 1.98. The van der Waals surface area contributed by atoms with Crippen molar-refractivity contribution in [3.05, 3.63) is 29.8 Å². The summed E-state index contributed by atoms with van der Waals surface area (Å²) in [5.74, 6) is 3.28. The summed E-state index contributed by atoms with van der Waals surface area (Å²) in [6, 6.07) is 8.75. The van der Waals surface area contributed by atoms with Crippen LogP contribution in [0, 0.1) is 11.8 Å². The molecule has 0 N–H and O–H groups in total. The van der Waals surface area contributed by atoms with Crippen LogP contribution in [0.3, 0.4) is 0 Å². The molecular formula is C15H18OS. The van der Waals surface area contributed by atoms with Crippen LogP contribution >= 0.6 is 11.8 Å². The van der Waals surface area contributed by atoms with E-state index >= 15 is 0 Å². The van der Waals surface area contributed by atoms with Crippen LogP contribution < -0.4 is 0 Å². The molecule has 3 rings (SSSR count). The van der Waals surface area contributed by atoms with Gasteiger partial charge in [0.2, 0.25) is 0 Å². The molecule has 0 spiro atoms. The smallest absolute Gasteiger partial charge is 0.135 e. The van der Waals surface area contributed by atoms with Gasteiger partial charge in [-0.1, -0.05) is 25.1 Å². The number of hydrogen-bond acceptors (Lipinski definition) is 2. The van der Waals surface area contributed by atoms with E-state index in [1.54, 1.807) is 0 Å². The van der Waals surface area contributed by atoms with E-state index in [0.717, 1.165) is 12.8 Å². The Labute approximate surface area is 107 Å². The van der Waals surface area contributed by atoms with Gasteiger partial charge in [0, 0.05) is 23.0 Å². The van der Waals surface area contributed by atoms with Crippen LogP contribution in [0.1, 0.15) is 37.7 Å². The van der Waals surface area contributed by atoms with Gasteiger partial charge in [-0.15, -0.1) is 11.8 Å². The third kappa shape index (κ3) is 2.03. The SMILES string of the molecule is CC1C(=O)CCC1CC1CSc2ccccc21. The molecular weight excluding hydrogens is 228 g/mol. The minimum absolute atomic E-state index is 0.299. The average molecular weight is 246 g/mol. The van der Waals surface area contributed by atoms with Gasteiger partial charge in [0.1, 0.15) is 5.78 Å². The van der Waals surface area contributed by atoms with Gasteiger partial charge < -0.3 is 0 Å². The molecule has 1 fully saturated rings. The van der Waals surface area contributed by atoms with Crippen molar-refractivity contribution >= 4 is 17.5 Å². The van der Waals surface area contributed by atoms with Gasteiger partial charge in [0.25, 0.3) is 0 Å². The van der Waals surface area contributed by atoms with Crippen LogP contribution in [0.15, 0.2) is 29.2 Å². The molecule has 1 aromatic rings. The van der Waals surface area contributed by atoms with E-state index in [0.29, 0.717) is 23.5 Å². The molecule has 90 valence electrons. The highest BCUT2D eigenvalue weighted by Gasteiger charge is 2.34. The minimum Gasteiger partial charge on any atom is -0.299 e. The number of fused-ring (bicyclic) bond motifs is 1. The number of carbonyl (C=O) groups is 1. The van der Waals surface area contributed by atoms with Crippen molar-refractivity contribution in [3.8, 4) is 0 Å². The average Bonchev–Trinajstić information content (AvgIpc) is 2.89. The third-order valence-electron chi connectivity index (χ3n) is 4.36. The molecule has 2 heteroatoms. The van der Waals surface area contributed by atoms with E-state index in [1.165, 1.54) is 22.6 Å². The van der Waals surface area contributed by atoms with Crippen molar-refractivity contribution in [3.63, 3.8) is 0 Å². The Hall–Kier alpha value is -0.760. The lowest BCUT2D eigenvalue weighted by Crippen LogP contribution is -2.14. The summed E-state index contributed by atoms with van der Waals surface area (Å²) < 4.78 is 0. The summed E-state index contributed by atoms with van der Waals surface area (Å²) in [6.45, 7) is 2.12. The first-order valence-electron chi connectivity index (χ1n) is 6.50. The standard InChI is InChI=1S/C15H18OS/c1-10-11(6-7-14(10)16)8-12-9-17-15-5-3-2-4-13(12)15/h2-5,10-12H,6-9H2,1H3. The molecule has 3 unspecified atom stereocenters. The topological polar surface area (TPSA) is 17.1 Å². The monoisotopic (exact) mass is 246 g/mol. The second kappa shape index (κ2) is 4.49. The molecule has 1 saturated carbocycles. The van der Waals surface area contributed by atoms with Gasteiger partial charge in [-0.2, -0.15) is 0 Å². The lowest BCUT2D eigenvalue weighted by molar-refractivity contribution is -0.120. The van der Waals surface area contributed by atoms with Crippen molar-refractivity contribution in [2.45, 2.75) is 37.0 Å². The van der Waals surface area contributed by atoms with Gasteiger partial charge in [0.15, 0.2) is 0 Å². The van der Waals surface area contributed by atoms with Gasteiger partial charge >= 0.3 is 0 Å². The van der Waals surface area contributed by atoms with Crippen molar-refractivity contribution in [1.29, 1.82) is 0 Å². The summed E-state index contributed by atoms with van der Waals surface area (Å²) in [5.41, 5.74) is 1.52. The quantitative estimate of drug-likeness (QED) is 0.787. The molecule has 3 atom stereocenters. The molecule has 1 aliphatic carbocycles. The molecule has 0 aromatic heterocycles. The maximum absolute atomic E-state index is 11.6. The Morgan fingerprint density at radius 3 is 2.94 bits per heavy atom. The summed E-state index contributed by atoms with van der Waals surface area (Å²) in [4.78, 5) is 13.1. The predicted molar refractivity (Wildman–Crippen MR) is 71.4 cm³/mol. The Morgan fingerprint density at radius 2 is 2.18 bits per heavy atom. The highest BCUT2D eigenvalue weighted by molar-refractivity contribution is 7.99. The largest absolute Gasteiger partial charge is 0.299 e. The molecule has 0 bridgehead atoms. The van der Waals surface area contributed by atoms with E-state index < -0.39 is 0 Å². The van der Waals surface area contributed by atoms with Crippen LogP contribution in [-0.2, 0) is 4.79 Å². The van der Waals surface area contributed by atoms with Crippen LogP contribution in [0.25, 0.3) is 0 Å². The maximum atomic E-state index is 11.6. The molecule has 2 aliphatic rings. The predicted octanol–water partition coefficient (Wildman–Crippen LogP) is 3.88. The summed E-state index contributed by atoms with van der Waals surface area (Å²) in [6.07, 6.45) is 3.13. The van der Waals surface area contributed by atoms with Gasteiger partial charge in [0.05, 0.1) is 0 Å². The number of ketones is 1. The molecule has 1 aromatic carbocycles. The van der Waals surface area contributed by atoms with Crippen LogP contribution in [0.5, 0.6) is 0 Å². The Bertz CT molecular complexity index is 440. The molecule has 0 radical (unpaired) electrons. The second-order valence-electron chi connectivity index (χ2n) is 5.34. The summed E-state index contributed by atoms with van der Waals surface area (Å²) in [5, 5.41) is 0. The van der Waals surface area contributed by atoms with E-state index in [4.69, 9.17) is 0 Å². The number of Topliss-reactive ketones (excluding diaryl/α,β-unsaturated/α-hetero) is 1. The van der Waals surface area contributed by atoms with Crippen LogP contribution in [0.2, 0.25) is 0 Å². The molecule has 1 heterocycles. The van der Waals surface area contributed by atoms with Gasteiger partial charge in [-0.25, -0.2) is 0 Å². The zero-order valence-corrected chi connectivity index (χ0v) is 11.0. The molecule has 17 heavy (non-hydrogen) atoms. The molecule has 0 saturated heterocycles. The van der Waals surface area contributed by atoms with Crippen LogP contribution in [-0.4, -0.2) is 11.5 Å². The summed E-state index contributed by atoms with van der Waals surface area (Å²) in [7, 11) is 0. The zero-order chi connectivity index (χ0) is 11.8. The minimum atomic E-state index is 0.299. The van der Waals surface area contributed by atoms with E-state index in [-0.39, 0.29) is 0 Å². The fourth-order valence-electron chi connectivity index (χ4n) is 3.18. The number of benzene rings is 1. The highest BCUT2D eigenvalue weighted by Crippen LogP contribution is 2.45. The van der Waals surface area contributed by atoms with Crippen molar-refractivity contribution in [1.82, 2.24) is 0 Å². The third-order valence-corrected chi connectivity index (χ3v) is 5.61. The zero-order valence-electron chi connectivity index (χ0n) is 10.2. The second-order valence-corrected chi connectivity index (χ2v) is 6.40. The number of hydrogen-bond donors (Lipinski definition) is 0. The molecule has 1 nitrogen and oxygen atoms in total. The first kappa shape index (κ1) is 11.3. The fourth-order valence-corrected chi connectivity index (χ4v) is 4.45. The lowest BCUT2D eigenvalue weighted by Gasteiger charge is -2.19. The maximum Gasteiger partial charge on any atom is 0.135 e. The first-order valence-corrected chi connectivity index (χ1v) is 7.48. The normalized spacial score (nSPS) is 31.8.